The fraction of sp³-hybridized carbons (Fsp3) is 0.200. The van der Waals surface area contributed by atoms with E-state index in [0.717, 1.165) is 32.4 Å². The number of para-hydroxylation sites is 1. The lowest BCUT2D eigenvalue weighted by molar-refractivity contribution is 0.208. The number of fused-ring (bicyclic) bond motifs is 1. The largest absolute Gasteiger partial charge is 0.497 e. The van der Waals surface area contributed by atoms with Gasteiger partial charge in [0.1, 0.15) is 24.7 Å². The van der Waals surface area contributed by atoms with Crippen molar-refractivity contribution in [1.29, 1.82) is 0 Å². The van der Waals surface area contributed by atoms with Gasteiger partial charge in [-0.05, 0) is 67.1 Å². The van der Waals surface area contributed by atoms with Crippen LogP contribution in [0.1, 0.15) is 12.5 Å². The molecule has 1 heterocycles. The summed E-state index contributed by atoms with van der Waals surface area (Å²) >= 11 is 1.56. The molecule has 0 saturated carbocycles. The van der Waals surface area contributed by atoms with E-state index in [1.807, 2.05) is 73.7 Å². The average molecular weight is 464 g/mol. The van der Waals surface area contributed by atoms with Gasteiger partial charge < -0.3 is 18.9 Å². The SMILES string of the molecule is CCOc1cc(/C=N\Nc2nc3ccccc3s2)ccc1OCCOc1ccc(OC)cc1. The number of rotatable bonds is 11. The second-order valence-corrected chi connectivity index (χ2v) is 7.90. The maximum Gasteiger partial charge on any atom is 0.204 e. The second kappa shape index (κ2) is 11.2. The van der Waals surface area contributed by atoms with Gasteiger partial charge in [-0.15, -0.1) is 0 Å². The summed E-state index contributed by atoms with van der Waals surface area (Å²) in [7, 11) is 1.63. The molecule has 1 N–H and O–H groups in total. The topological polar surface area (TPSA) is 74.2 Å². The van der Waals surface area contributed by atoms with Gasteiger partial charge in [0.05, 0.1) is 30.1 Å². The third kappa shape index (κ3) is 6.14. The normalized spacial score (nSPS) is 11.0. The van der Waals surface area contributed by atoms with E-state index in [2.05, 4.69) is 15.5 Å². The van der Waals surface area contributed by atoms with Gasteiger partial charge in [-0.3, -0.25) is 5.43 Å². The summed E-state index contributed by atoms with van der Waals surface area (Å²) in [6, 6.07) is 21.1. The quantitative estimate of drug-likeness (QED) is 0.177. The molecule has 8 heteroatoms. The van der Waals surface area contributed by atoms with Crippen molar-refractivity contribution in [2.45, 2.75) is 6.92 Å². The van der Waals surface area contributed by atoms with Crippen LogP contribution in [0.2, 0.25) is 0 Å². The molecule has 0 spiro atoms. The van der Waals surface area contributed by atoms with Crippen LogP contribution >= 0.6 is 11.3 Å². The van der Waals surface area contributed by atoms with Crippen molar-refractivity contribution in [2.24, 2.45) is 5.10 Å². The summed E-state index contributed by atoms with van der Waals surface area (Å²) < 4.78 is 23.6. The Morgan fingerprint density at radius 3 is 2.48 bits per heavy atom. The Bertz CT molecular complexity index is 1170. The molecule has 0 fully saturated rings. The molecule has 0 radical (unpaired) electrons. The van der Waals surface area contributed by atoms with E-state index in [9.17, 15) is 0 Å². The van der Waals surface area contributed by atoms with Crippen molar-refractivity contribution in [3.8, 4) is 23.0 Å². The van der Waals surface area contributed by atoms with Crippen molar-refractivity contribution >= 4 is 32.9 Å². The zero-order chi connectivity index (χ0) is 22.9. The predicted octanol–water partition coefficient (Wildman–Crippen LogP) is 5.61. The maximum absolute atomic E-state index is 5.88. The molecular weight excluding hydrogens is 438 g/mol. The number of benzene rings is 3. The molecule has 4 aromatic rings. The van der Waals surface area contributed by atoms with E-state index in [1.54, 1.807) is 24.7 Å². The van der Waals surface area contributed by atoms with Gasteiger partial charge in [-0.2, -0.15) is 5.10 Å². The molecule has 0 amide bonds. The number of hydrogen-bond acceptors (Lipinski definition) is 8. The zero-order valence-corrected chi connectivity index (χ0v) is 19.3. The number of methoxy groups -OCH3 is 1. The van der Waals surface area contributed by atoms with Crippen LogP contribution in [0.25, 0.3) is 10.2 Å². The number of hydrazone groups is 1. The Morgan fingerprint density at radius 2 is 1.70 bits per heavy atom. The highest BCUT2D eigenvalue weighted by atomic mass is 32.1. The number of anilines is 1. The molecular formula is C25H25N3O4S. The van der Waals surface area contributed by atoms with Gasteiger partial charge in [0.2, 0.25) is 5.13 Å². The van der Waals surface area contributed by atoms with Gasteiger partial charge in [0, 0.05) is 0 Å². The van der Waals surface area contributed by atoms with E-state index >= 15 is 0 Å². The number of hydrogen-bond donors (Lipinski definition) is 1. The second-order valence-electron chi connectivity index (χ2n) is 6.87. The number of aromatic nitrogens is 1. The van der Waals surface area contributed by atoms with Crippen molar-refractivity contribution < 1.29 is 18.9 Å². The van der Waals surface area contributed by atoms with Gasteiger partial charge in [0.25, 0.3) is 0 Å². The van der Waals surface area contributed by atoms with Crippen molar-refractivity contribution in [3.63, 3.8) is 0 Å². The molecule has 0 bridgehead atoms. The molecule has 0 unspecified atom stereocenters. The van der Waals surface area contributed by atoms with Gasteiger partial charge >= 0.3 is 0 Å². The Morgan fingerprint density at radius 1 is 0.909 bits per heavy atom. The van der Waals surface area contributed by atoms with Crippen molar-refractivity contribution in [2.75, 3.05) is 32.4 Å². The van der Waals surface area contributed by atoms with E-state index in [1.165, 1.54) is 0 Å². The van der Waals surface area contributed by atoms with Crippen LogP contribution in [0.3, 0.4) is 0 Å². The highest BCUT2D eigenvalue weighted by Gasteiger charge is 2.07. The van der Waals surface area contributed by atoms with Crippen LogP contribution in [0, 0.1) is 0 Å². The Hall–Kier alpha value is -3.78. The van der Waals surface area contributed by atoms with E-state index in [0.29, 0.717) is 31.3 Å². The van der Waals surface area contributed by atoms with E-state index in [-0.39, 0.29) is 0 Å². The zero-order valence-electron chi connectivity index (χ0n) is 18.5. The van der Waals surface area contributed by atoms with E-state index in [4.69, 9.17) is 18.9 Å². The third-order valence-corrected chi connectivity index (χ3v) is 5.55. The summed E-state index contributed by atoms with van der Waals surface area (Å²) in [4.78, 5) is 4.51. The van der Waals surface area contributed by atoms with Crippen molar-refractivity contribution in [3.05, 3.63) is 72.3 Å². The minimum Gasteiger partial charge on any atom is -0.497 e. The predicted molar refractivity (Wildman–Crippen MR) is 132 cm³/mol. The van der Waals surface area contributed by atoms with Crippen LogP contribution in [0.4, 0.5) is 5.13 Å². The summed E-state index contributed by atoms with van der Waals surface area (Å²) in [6.07, 6.45) is 1.73. The first-order chi connectivity index (χ1) is 16.2. The Kier molecular flexibility index (Phi) is 7.60. The number of nitrogens with one attached hydrogen (secondary N) is 1. The average Bonchev–Trinajstić information content (AvgIpc) is 3.26. The standard InChI is InChI=1S/C25H25N3O4S/c1-3-30-23-16-18(17-26-28-25-27-21-6-4-5-7-24(21)33-25)8-13-22(23)32-15-14-31-20-11-9-19(29-2)10-12-20/h4-13,16-17H,3,14-15H2,1-2H3,(H,27,28)/b26-17-. The number of thiazole rings is 1. The van der Waals surface area contributed by atoms with Crippen LogP contribution in [-0.2, 0) is 0 Å². The van der Waals surface area contributed by atoms with Crippen molar-refractivity contribution in [1.82, 2.24) is 4.98 Å². The molecule has 0 saturated heterocycles. The maximum atomic E-state index is 5.88. The highest BCUT2D eigenvalue weighted by molar-refractivity contribution is 7.22. The minimum absolute atomic E-state index is 0.388. The summed E-state index contributed by atoms with van der Waals surface area (Å²) in [5.41, 5.74) is 4.83. The summed E-state index contributed by atoms with van der Waals surface area (Å²) in [5, 5.41) is 5.05. The molecule has 7 nitrogen and oxygen atoms in total. The Balaban J connectivity index is 1.32. The molecule has 0 aliphatic rings. The van der Waals surface area contributed by atoms with Crippen LogP contribution in [0.5, 0.6) is 23.0 Å². The lowest BCUT2D eigenvalue weighted by Crippen LogP contribution is -2.10. The molecule has 0 aliphatic heterocycles. The van der Waals surface area contributed by atoms with Gasteiger partial charge in [-0.25, -0.2) is 4.98 Å². The third-order valence-electron chi connectivity index (χ3n) is 4.60. The first kappa shape index (κ1) is 22.4. The molecule has 0 aliphatic carbocycles. The fourth-order valence-corrected chi connectivity index (χ4v) is 3.87. The molecule has 0 atom stereocenters. The van der Waals surface area contributed by atoms with Crippen LogP contribution < -0.4 is 24.4 Å². The number of nitrogens with zero attached hydrogens (tertiary/aromatic N) is 2. The van der Waals surface area contributed by atoms with Crippen LogP contribution in [-0.4, -0.2) is 38.1 Å². The van der Waals surface area contributed by atoms with Gasteiger partial charge in [-0.1, -0.05) is 23.5 Å². The first-order valence-corrected chi connectivity index (χ1v) is 11.4. The Labute approximate surface area is 196 Å². The highest BCUT2D eigenvalue weighted by Crippen LogP contribution is 2.29. The molecule has 170 valence electrons. The molecule has 3 aromatic carbocycles. The lowest BCUT2D eigenvalue weighted by Gasteiger charge is -2.13. The summed E-state index contributed by atoms with van der Waals surface area (Å²) in [6.45, 7) is 3.27. The van der Waals surface area contributed by atoms with E-state index < -0.39 is 0 Å². The van der Waals surface area contributed by atoms with Crippen LogP contribution in [0.15, 0.2) is 71.8 Å². The summed E-state index contributed by atoms with van der Waals surface area (Å²) in [5.74, 6) is 2.87. The monoisotopic (exact) mass is 463 g/mol. The van der Waals surface area contributed by atoms with Gasteiger partial charge in [0.15, 0.2) is 11.5 Å². The molecule has 1 aromatic heterocycles. The smallest absolute Gasteiger partial charge is 0.204 e. The molecule has 33 heavy (non-hydrogen) atoms. The first-order valence-electron chi connectivity index (χ1n) is 10.6. The molecule has 4 rings (SSSR count). The minimum atomic E-state index is 0.388. The lowest BCUT2D eigenvalue weighted by atomic mass is 10.2. The number of ether oxygens (including phenoxy) is 4. The fourth-order valence-electron chi connectivity index (χ4n) is 3.06.